The summed E-state index contributed by atoms with van der Waals surface area (Å²) in [6.45, 7) is -0.0379. The average molecular weight is 198 g/mol. The van der Waals surface area contributed by atoms with Gasteiger partial charge in [0.25, 0.3) is 0 Å². The topological polar surface area (TPSA) is 55.2 Å². The first-order valence-corrected chi connectivity index (χ1v) is 4.88. The molecule has 0 unspecified atom stereocenters. The zero-order valence-electron chi connectivity index (χ0n) is 7.17. The average Bonchev–Trinajstić information content (AvgIpc) is 2.19. The maximum absolute atomic E-state index is 8.43. The van der Waals surface area contributed by atoms with Gasteiger partial charge in [-0.15, -0.1) is 0 Å². The fraction of sp³-hybridized carbons (Fsp3) is 0.250. The van der Waals surface area contributed by atoms with Gasteiger partial charge in [0.05, 0.1) is 25.3 Å². The predicted octanol–water partition coefficient (Wildman–Crippen LogP) is 1.08. The normalized spacial score (nSPS) is 10.6. The Labute approximate surface area is 80.7 Å². The minimum atomic E-state index is -0.0379. The fourth-order valence-corrected chi connectivity index (χ4v) is 0.957. The molecule has 0 atom stereocenters. The first-order chi connectivity index (χ1) is 6.36. The van der Waals surface area contributed by atoms with Gasteiger partial charge in [-0.05, 0) is 12.3 Å². The molecule has 1 rings (SSSR count). The van der Waals surface area contributed by atoms with Crippen LogP contribution in [-0.2, 0) is 0 Å². The molecule has 0 amide bonds. The van der Waals surface area contributed by atoms with Crippen LogP contribution in [0.25, 0.3) is 0 Å². The van der Waals surface area contributed by atoms with Crippen molar-refractivity contribution in [2.24, 2.45) is 0 Å². The third-order valence-corrected chi connectivity index (χ3v) is 1.77. The van der Waals surface area contributed by atoms with E-state index in [-0.39, 0.29) is 6.61 Å². The zero-order valence-corrected chi connectivity index (χ0v) is 7.99. The summed E-state index contributed by atoms with van der Waals surface area (Å²) in [6, 6.07) is 0. The Kier molecular flexibility index (Phi) is 4.28. The third-order valence-electron chi connectivity index (χ3n) is 1.19. The minimum Gasteiger partial charge on any atom is -0.462 e. The molecule has 5 heteroatoms. The van der Waals surface area contributed by atoms with Crippen LogP contribution in [0.3, 0.4) is 0 Å². The Hall–Kier alpha value is -1.07. The SMILES string of the molecule is CSc1ncc(O/C=C/CO)cn1. The van der Waals surface area contributed by atoms with Gasteiger partial charge in [0.1, 0.15) is 0 Å². The van der Waals surface area contributed by atoms with Gasteiger partial charge in [-0.25, -0.2) is 9.97 Å². The highest BCUT2D eigenvalue weighted by molar-refractivity contribution is 7.98. The summed E-state index contributed by atoms with van der Waals surface area (Å²) in [7, 11) is 0. The Morgan fingerprint density at radius 1 is 1.54 bits per heavy atom. The lowest BCUT2D eigenvalue weighted by molar-refractivity contribution is 0.337. The van der Waals surface area contributed by atoms with Crippen molar-refractivity contribution in [2.75, 3.05) is 12.9 Å². The lowest BCUT2D eigenvalue weighted by Crippen LogP contribution is -1.88. The van der Waals surface area contributed by atoms with Crippen LogP contribution < -0.4 is 4.74 Å². The van der Waals surface area contributed by atoms with Crippen LogP contribution in [0.4, 0.5) is 0 Å². The summed E-state index contributed by atoms with van der Waals surface area (Å²) < 4.78 is 5.07. The quantitative estimate of drug-likeness (QED) is 0.446. The van der Waals surface area contributed by atoms with Crippen LogP contribution in [0.2, 0.25) is 0 Å². The molecule has 0 aliphatic rings. The van der Waals surface area contributed by atoms with E-state index in [1.54, 1.807) is 12.4 Å². The van der Waals surface area contributed by atoms with E-state index in [2.05, 4.69) is 9.97 Å². The standard InChI is InChI=1S/C8H10N2O2S/c1-13-8-9-5-7(6-10-8)12-4-2-3-11/h2,4-6,11H,3H2,1H3/b4-2+. The number of aromatic nitrogens is 2. The molecule has 0 radical (unpaired) electrons. The lowest BCUT2D eigenvalue weighted by Gasteiger charge is -1.98. The number of aliphatic hydroxyl groups is 1. The van der Waals surface area contributed by atoms with E-state index in [0.717, 1.165) is 0 Å². The number of nitrogens with zero attached hydrogens (tertiary/aromatic N) is 2. The maximum Gasteiger partial charge on any atom is 0.187 e. The van der Waals surface area contributed by atoms with Gasteiger partial charge < -0.3 is 9.84 Å². The van der Waals surface area contributed by atoms with Gasteiger partial charge >= 0.3 is 0 Å². The number of aliphatic hydroxyl groups excluding tert-OH is 1. The van der Waals surface area contributed by atoms with Crippen LogP contribution in [0.5, 0.6) is 5.75 Å². The molecule has 0 spiro atoms. The summed E-state index contributed by atoms with van der Waals surface area (Å²) in [5, 5.41) is 9.13. The van der Waals surface area contributed by atoms with Crippen molar-refractivity contribution in [3.8, 4) is 5.75 Å². The van der Waals surface area contributed by atoms with E-state index >= 15 is 0 Å². The smallest absolute Gasteiger partial charge is 0.187 e. The Morgan fingerprint density at radius 2 is 2.23 bits per heavy atom. The number of rotatable bonds is 4. The molecular formula is C8H10N2O2S. The minimum absolute atomic E-state index is 0.0379. The molecule has 13 heavy (non-hydrogen) atoms. The molecule has 0 aromatic carbocycles. The van der Waals surface area contributed by atoms with Gasteiger partial charge in [-0.2, -0.15) is 0 Å². The zero-order chi connectivity index (χ0) is 9.52. The van der Waals surface area contributed by atoms with Crippen LogP contribution in [-0.4, -0.2) is 27.9 Å². The second kappa shape index (κ2) is 5.55. The molecule has 0 saturated heterocycles. The number of thioether (sulfide) groups is 1. The van der Waals surface area contributed by atoms with Crippen molar-refractivity contribution < 1.29 is 9.84 Å². The molecule has 70 valence electrons. The number of hydrogen-bond acceptors (Lipinski definition) is 5. The second-order valence-electron chi connectivity index (χ2n) is 2.08. The summed E-state index contributed by atoms with van der Waals surface area (Å²) in [6.07, 6.45) is 7.96. The van der Waals surface area contributed by atoms with Crippen molar-refractivity contribution >= 4 is 11.8 Å². The van der Waals surface area contributed by atoms with Crippen molar-refractivity contribution in [2.45, 2.75) is 5.16 Å². The molecule has 0 bridgehead atoms. The summed E-state index contributed by atoms with van der Waals surface area (Å²) >= 11 is 1.47. The number of ether oxygens (including phenoxy) is 1. The molecule has 1 N–H and O–H groups in total. The van der Waals surface area contributed by atoms with Crippen molar-refractivity contribution in [3.63, 3.8) is 0 Å². The van der Waals surface area contributed by atoms with Gasteiger partial charge in [0.2, 0.25) is 0 Å². The van der Waals surface area contributed by atoms with Gasteiger partial charge in [0.15, 0.2) is 10.9 Å². The predicted molar refractivity (Wildman–Crippen MR) is 50.7 cm³/mol. The van der Waals surface area contributed by atoms with E-state index in [9.17, 15) is 0 Å². The van der Waals surface area contributed by atoms with Crippen molar-refractivity contribution in [1.82, 2.24) is 9.97 Å². The van der Waals surface area contributed by atoms with E-state index in [1.165, 1.54) is 24.1 Å². The van der Waals surface area contributed by atoms with Crippen LogP contribution in [0, 0.1) is 0 Å². The van der Waals surface area contributed by atoms with Crippen LogP contribution in [0.1, 0.15) is 0 Å². The maximum atomic E-state index is 8.43. The molecule has 0 fully saturated rings. The third kappa shape index (κ3) is 3.43. The summed E-state index contributed by atoms with van der Waals surface area (Å²) in [4.78, 5) is 8.01. The van der Waals surface area contributed by atoms with Crippen molar-refractivity contribution in [1.29, 1.82) is 0 Å². The highest BCUT2D eigenvalue weighted by Gasteiger charge is 1.94. The monoisotopic (exact) mass is 198 g/mol. The van der Waals surface area contributed by atoms with Crippen LogP contribution in [0.15, 0.2) is 29.9 Å². The highest BCUT2D eigenvalue weighted by atomic mass is 32.2. The van der Waals surface area contributed by atoms with E-state index in [0.29, 0.717) is 10.9 Å². The van der Waals surface area contributed by atoms with Gasteiger partial charge in [-0.1, -0.05) is 11.8 Å². The second-order valence-corrected chi connectivity index (χ2v) is 2.85. The van der Waals surface area contributed by atoms with Crippen LogP contribution >= 0.6 is 11.8 Å². The molecule has 4 nitrogen and oxygen atoms in total. The highest BCUT2D eigenvalue weighted by Crippen LogP contribution is 2.11. The molecular weight excluding hydrogens is 188 g/mol. The molecule has 1 aromatic heterocycles. The molecule has 0 aliphatic heterocycles. The molecule has 1 heterocycles. The summed E-state index contributed by atoms with van der Waals surface area (Å²) in [5.41, 5.74) is 0. The molecule has 0 aliphatic carbocycles. The Morgan fingerprint density at radius 3 is 2.77 bits per heavy atom. The van der Waals surface area contributed by atoms with E-state index < -0.39 is 0 Å². The Bertz CT molecular complexity index is 274. The Balaban J connectivity index is 2.54. The molecule has 1 aromatic rings. The lowest BCUT2D eigenvalue weighted by atomic mass is 10.6. The molecule has 0 saturated carbocycles. The van der Waals surface area contributed by atoms with Crippen molar-refractivity contribution in [3.05, 3.63) is 24.7 Å². The largest absolute Gasteiger partial charge is 0.462 e. The fourth-order valence-electron chi connectivity index (χ4n) is 0.640. The number of hydrogen-bond donors (Lipinski definition) is 1. The van der Waals surface area contributed by atoms with Gasteiger partial charge in [-0.3, -0.25) is 0 Å². The summed E-state index contributed by atoms with van der Waals surface area (Å²) in [5.74, 6) is 0.558. The van der Waals surface area contributed by atoms with Gasteiger partial charge in [0, 0.05) is 0 Å². The van der Waals surface area contributed by atoms with E-state index in [1.807, 2.05) is 6.26 Å². The first-order valence-electron chi connectivity index (χ1n) is 3.65. The first kappa shape index (κ1) is 10.0. The van der Waals surface area contributed by atoms with E-state index in [4.69, 9.17) is 9.84 Å².